The van der Waals surface area contributed by atoms with Gasteiger partial charge >= 0.3 is 0 Å². The summed E-state index contributed by atoms with van der Waals surface area (Å²) in [6.07, 6.45) is 60.4. The maximum atomic E-state index is 12.3. The summed E-state index contributed by atoms with van der Waals surface area (Å²) in [4.78, 5) is 12.3. The summed E-state index contributed by atoms with van der Waals surface area (Å²) in [5, 5.41) is 22.7. The Bertz CT molecular complexity index is 995. The van der Waals surface area contributed by atoms with Gasteiger partial charge in [-0.3, -0.25) is 4.79 Å². The third-order valence-corrected chi connectivity index (χ3v) is 8.01. The van der Waals surface area contributed by atoms with Crippen molar-refractivity contribution in [3.63, 3.8) is 0 Å². The highest BCUT2D eigenvalue weighted by Gasteiger charge is 2.17. The van der Waals surface area contributed by atoms with Crippen LogP contribution in [0.5, 0.6) is 0 Å². The number of rotatable bonds is 33. The van der Waals surface area contributed by atoms with Gasteiger partial charge in [0.25, 0.3) is 0 Å². The minimum atomic E-state index is -0.854. The van der Waals surface area contributed by atoms with Crippen molar-refractivity contribution in [3.8, 4) is 0 Å². The normalized spacial score (nSPS) is 14.3. The summed E-state index contributed by atoms with van der Waals surface area (Å²) in [7, 11) is 0. The summed E-state index contributed by atoms with van der Waals surface area (Å²) in [6, 6.07) is -0.641. The summed E-state index contributed by atoms with van der Waals surface area (Å²) >= 11 is 0. The van der Waals surface area contributed by atoms with Gasteiger partial charge < -0.3 is 15.5 Å². The van der Waals surface area contributed by atoms with Gasteiger partial charge in [0.2, 0.25) is 5.91 Å². The molecule has 0 aliphatic heterocycles. The van der Waals surface area contributed by atoms with E-state index in [0.717, 1.165) is 96.3 Å². The number of nitrogens with one attached hydrogen (secondary N) is 1. The quantitative estimate of drug-likeness (QED) is 0.0479. The van der Waals surface area contributed by atoms with Crippen LogP contribution in [0.3, 0.4) is 0 Å². The van der Waals surface area contributed by atoms with Crippen LogP contribution in [-0.2, 0) is 4.79 Å². The van der Waals surface area contributed by atoms with Gasteiger partial charge in [-0.2, -0.15) is 0 Å². The lowest BCUT2D eigenvalue weighted by molar-refractivity contribution is -0.123. The van der Waals surface area contributed by atoms with Crippen molar-refractivity contribution >= 4 is 5.91 Å². The largest absolute Gasteiger partial charge is 0.394 e. The molecule has 276 valence electrons. The Balaban J connectivity index is 3.73. The Morgan fingerprint density at radius 3 is 1.35 bits per heavy atom. The first-order valence-corrected chi connectivity index (χ1v) is 19.6. The molecular formula is C45H73NO3. The molecule has 0 saturated heterocycles. The molecule has 0 heterocycles. The Labute approximate surface area is 302 Å². The van der Waals surface area contributed by atoms with Crippen LogP contribution >= 0.6 is 0 Å². The molecule has 0 saturated carbocycles. The molecule has 0 aliphatic rings. The van der Waals surface area contributed by atoms with Crippen molar-refractivity contribution in [1.29, 1.82) is 0 Å². The van der Waals surface area contributed by atoms with E-state index in [0.29, 0.717) is 6.42 Å². The number of carbonyl (C=O) groups is 1. The van der Waals surface area contributed by atoms with Crippen molar-refractivity contribution in [2.75, 3.05) is 6.61 Å². The van der Waals surface area contributed by atoms with E-state index in [1.807, 2.05) is 6.08 Å². The molecule has 0 rings (SSSR count). The molecule has 3 N–H and O–H groups in total. The number of amides is 1. The van der Waals surface area contributed by atoms with Gasteiger partial charge in [0.1, 0.15) is 0 Å². The summed E-state index contributed by atoms with van der Waals surface area (Å²) < 4.78 is 0. The van der Waals surface area contributed by atoms with E-state index in [1.165, 1.54) is 32.1 Å². The fraction of sp³-hybridized carbons (Fsp3) is 0.578. The van der Waals surface area contributed by atoms with E-state index >= 15 is 0 Å². The third-order valence-electron chi connectivity index (χ3n) is 8.01. The molecule has 2 unspecified atom stereocenters. The predicted molar refractivity (Wildman–Crippen MR) is 216 cm³/mol. The van der Waals surface area contributed by atoms with Crippen LogP contribution in [-0.4, -0.2) is 34.9 Å². The lowest BCUT2D eigenvalue weighted by Gasteiger charge is -2.20. The minimum Gasteiger partial charge on any atom is -0.394 e. The monoisotopic (exact) mass is 676 g/mol. The Morgan fingerprint density at radius 1 is 0.510 bits per heavy atom. The average Bonchev–Trinajstić information content (AvgIpc) is 3.10. The molecule has 0 bridgehead atoms. The summed E-state index contributed by atoms with van der Waals surface area (Å²) in [5.41, 5.74) is 0. The molecule has 0 spiro atoms. The van der Waals surface area contributed by atoms with Crippen molar-refractivity contribution in [1.82, 2.24) is 5.32 Å². The van der Waals surface area contributed by atoms with Crippen LogP contribution in [0.2, 0.25) is 0 Å². The average molecular weight is 676 g/mol. The highest BCUT2D eigenvalue weighted by atomic mass is 16.3. The molecule has 0 aromatic heterocycles. The second kappa shape index (κ2) is 39.5. The molecule has 0 aliphatic carbocycles. The maximum absolute atomic E-state index is 12.3. The van der Waals surface area contributed by atoms with Crippen molar-refractivity contribution in [2.45, 2.75) is 161 Å². The molecule has 4 heteroatoms. The number of aliphatic hydroxyl groups is 2. The van der Waals surface area contributed by atoms with E-state index in [2.05, 4.69) is 116 Å². The number of allylic oxidation sites excluding steroid dienone is 17. The molecule has 0 fully saturated rings. The first-order chi connectivity index (χ1) is 24.2. The van der Waals surface area contributed by atoms with Crippen molar-refractivity contribution in [2.24, 2.45) is 0 Å². The number of carbonyl (C=O) groups excluding carboxylic acids is 1. The highest BCUT2D eigenvalue weighted by Crippen LogP contribution is 2.09. The van der Waals surface area contributed by atoms with Gasteiger partial charge in [0.05, 0.1) is 18.8 Å². The zero-order chi connectivity index (χ0) is 35.7. The highest BCUT2D eigenvalue weighted by molar-refractivity contribution is 5.76. The molecule has 1 amide bonds. The standard InChI is InChI=1S/C45H73NO3/c1-3-5-7-9-11-13-14-15-16-17-18-19-20-21-22-23-24-25-26-27-28-29-30-31-32-33-35-37-39-41-45(49)46-43(42-47)44(48)40-38-36-34-12-10-8-6-4-2/h5,7,11,13,15-16,18-19,21-22,24-25,27-28,30-31,38,40,43-44,47-48H,3-4,6,8-10,12,14,17,20,23,26,29,32-37,39,41-42H2,1-2H3,(H,46,49)/b7-5-,13-11-,16-15-,19-18-,22-21-,25-24-,28-27-,31-30-,40-38+. The van der Waals surface area contributed by atoms with Crippen molar-refractivity contribution < 1.29 is 15.0 Å². The smallest absolute Gasteiger partial charge is 0.220 e. The molecule has 0 aromatic carbocycles. The third kappa shape index (κ3) is 36.2. The Morgan fingerprint density at radius 2 is 0.898 bits per heavy atom. The molecule has 4 nitrogen and oxygen atoms in total. The van der Waals surface area contributed by atoms with E-state index in [1.54, 1.807) is 6.08 Å². The molecular weight excluding hydrogens is 602 g/mol. The van der Waals surface area contributed by atoms with Crippen molar-refractivity contribution in [3.05, 3.63) is 109 Å². The second-order valence-electron chi connectivity index (χ2n) is 12.6. The molecule has 0 radical (unpaired) electrons. The predicted octanol–water partition coefficient (Wildman–Crippen LogP) is 12.1. The second-order valence-corrected chi connectivity index (χ2v) is 12.6. The van der Waals surface area contributed by atoms with Crippen LogP contribution in [0.25, 0.3) is 0 Å². The molecule has 2 atom stereocenters. The Kier molecular flexibility index (Phi) is 37.1. The summed E-state index contributed by atoms with van der Waals surface area (Å²) in [6.45, 7) is 4.11. The molecule has 0 aromatic rings. The fourth-order valence-corrected chi connectivity index (χ4v) is 5.01. The number of hydrogen-bond acceptors (Lipinski definition) is 3. The van der Waals surface area contributed by atoms with Crippen LogP contribution in [0, 0.1) is 0 Å². The van der Waals surface area contributed by atoms with E-state index in [9.17, 15) is 15.0 Å². The maximum Gasteiger partial charge on any atom is 0.220 e. The van der Waals surface area contributed by atoms with E-state index in [4.69, 9.17) is 0 Å². The lowest BCUT2D eigenvalue weighted by Crippen LogP contribution is -2.45. The SMILES string of the molecule is CC/C=C\C/C=C\C/C=C\C/C=C\C/C=C\C/C=C\C/C=C\C/C=C\CCCCCCC(=O)NC(CO)C(O)/C=C/CCCCCCCC. The van der Waals surface area contributed by atoms with Crippen LogP contribution in [0.15, 0.2) is 109 Å². The summed E-state index contributed by atoms with van der Waals surface area (Å²) in [5.74, 6) is -0.0990. The number of hydrogen-bond donors (Lipinski definition) is 3. The van der Waals surface area contributed by atoms with Crippen LogP contribution in [0.4, 0.5) is 0 Å². The van der Waals surface area contributed by atoms with E-state index < -0.39 is 12.1 Å². The lowest BCUT2D eigenvalue weighted by atomic mass is 10.1. The van der Waals surface area contributed by atoms with Crippen LogP contribution in [0.1, 0.15) is 149 Å². The first kappa shape index (κ1) is 46.0. The van der Waals surface area contributed by atoms with Gasteiger partial charge in [-0.25, -0.2) is 0 Å². The zero-order valence-electron chi connectivity index (χ0n) is 31.4. The fourth-order valence-electron chi connectivity index (χ4n) is 5.01. The van der Waals surface area contributed by atoms with Gasteiger partial charge in [0, 0.05) is 6.42 Å². The van der Waals surface area contributed by atoms with Gasteiger partial charge in [-0.05, 0) is 83.5 Å². The zero-order valence-corrected chi connectivity index (χ0v) is 31.4. The molecule has 49 heavy (non-hydrogen) atoms. The van der Waals surface area contributed by atoms with E-state index in [-0.39, 0.29) is 12.5 Å². The number of aliphatic hydroxyl groups excluding tert-OH is 2. The first-order valence-electron chi connectivity index (χ1n) is 19.6. The Hall–Kier alpha value is -2.95. The van der Waals surface area contributed by atoms with Crippen LogP contribution < -0.4 is 5.32 Å². The number of unbranched alkanes of at least 4 members (excludes halogenated alkanes) is 10. The van der Waals surface area contributed by atoms with Gasteiger partial charge in [-0.15, -0.1) is 0 Å². The van der Waals surface area contributed by atoms with Gasteiger partial charge in [-0.1, -0.05) is 168 Å². The topological polar surface area (TPSA) is 69.6 Å². The van der Waals surface area contributed by atoms with Gasteiger partial charge in [0.15, 0.2) is 0 Å². The minimum absolute atomic E-state index is 0.0990.